The molecule has 1 aliphatic heterocycles. The summed E-state index contributed by atoms with van der Waals surface area (Å²) in [5.41, 5.74) is 2.67. The van der Waals surface area contributed by atoms with Crippen molar-refractivity contribution in [1.29, 1.82) is 0 Å². The molecule has 0 bridgehead atoms. The van der Waals surface area contributed by atoms with Crippen LogP contribution in [0, 0.1) is 0 Å². The van der Waals surface area contributed by atoms with Crippen LogP contribution >= 0.6 is 0 Å². The van der Waals surface area contributed by atoms with Crippen molar-refractivity contribution >= 4 is 5.96 Å². The molecular formula is C22H34N6. The van der Waals surface area contributed by atoms with Gasteiger partial charge in [-0.15, -0.1) is 0 Å². The summed E-state index contributed by atoms with van der Waals surface area (Å²) >= 11 is 0. The van der Waals surface area contributed by atoms with E-state index in [4.69, 9.17) is 0 Å². The second-order valence-electron chi connectivity index (χ2n) is 7.61. The average Bonchev–Trinajstić information content (AvgIpc) is 3.24. The van der Waals surface area contributed by atoms with Crippen LogP contribution in [0.1, 0.15) is 43.7 Å². The Morgan fingerprint density at radius 1 is 1.18 bits per heavy atom. The topological polar surface area (TPSA) is 57.5 Å². The molecule has 1 saturated heterocycles. The molecular weight excluding hydrogens is 348 g/mol. The molecule has 1 aromatic heterocycles. The van der Waals surface area contributed by atoms with Crippen molar-refractivity contribution in [2.24, 2.45) is 4.99 Å². The molecule has 28 heavy (non-hydrogen) atoms. The van der Waals surface area contributed by atoms with Crippen molar-refractivity contribution in [3.05, 3.63) is 53.9 Å². The molecule has 0 amide bonds. The van der Waals surface area contributed by atoms with Crippen LogP contribution in [-0.2, 0) is 19.6 Å². The maximum atomic E-state index is 4.31. The van der Waals surface area contributed by atoms with E-state index in [2.05, 4.69) is 56.8 Å². The highest BCUT2D eigenvalue weighted by Gasteiger charge is 2.17. The number of piperidine rings is 1. The molecule has 0 aliphatic carbocycles. The fourth-order valence-corrected chi connectivity index (χ4v) is 3.68. The van der Waals surface area contributed by atoms with E-state index in [1.165, 1.54) is 36.9 Å². The van der Waals surface area contributed by atoms with Gasteiger partial charge in [0.15, 0.2) is 5.96 Å². The molecule has 1 fully saturated rings. The molecule has 1 atom stereocenters. The van der Waals surface area contributed by atoms with E-state index in [9.17, 15) is 0 Å². The van der Waals surface area contributed by atoms with E-state index in [1.54, 1.807) is 0 Å². The van der Waals surface area contributed by atoms with Gasteiger partial charge in [-0.1, -0.05) is 30.7 Å². The van der Waals surface area contributed by atoms with Gasteiger partial charge in [-0.3, -0.25) is 14.6 Å². The smallest absolute Gasteiger partial charge is 0.191 e. The van der Waals surface area contributed by atoms with Gasteiger partial charge in [0.2, 0.25) is 0 Å². The second kappa shape index (κ2) is 10.9. The normalized spacial score (nSPS) is 18.2. The average molecular weight is 383 g/mol. The maximum absolute atomic E-state index is 4.31. The Hall–Kier alpha value is -2.34. The zero-order valence-corrected chi connectivity index (χ0v) is 17.3. The number of benzene rings is 1. The molecule has 0 spiro atoms. The summed E-state index contributed by atoms with van der Waals surface area (Å²) in [7, 11) is 1.81. The van der Waals surface area contributed by atoms with Gasteiger partial charge in [0.1, 0.15) is 0 Å². The monoisotopic (exact) mass is 382 g/mol. The predicted octanol–water partition coefficient (Wildman–Crippen LogP) is 3.01. The fourth-order valence-electron chi connectivity index (χ4n) is 3.68. The van der Waals surface area contributed by atoms with E-state index in [-0.39, 0.29) is 0 Å². The summed E-state index contributed by atoms with van der Waals surface area (Å²) in [6.07, 6.45) is 8.85. The van der Waals surface area contributed by atoms with E-state index in [0.717, 1.165) is 38.6 Å². The second-order valence-corrected chi connectivity index (χ2v) is 7.61. The number of rotatable bonds is 8. The van der Waals surface area contributed by atoms with Crippen molar-refractivity contribution in [1.82, 2.24) is 25.3 Å². The Kier molecular flexibility index (Phi) is 7.91. The molecule has 1 aliphatic rings. The van der Waals surface area contributed by atoms with Gasteiger partial charge in [0.25, 0.3) is 0 Å². The van der Waals surface area contributed by atoms with Gasteiger partial charge in [-0.2, -0.15) is 5.10 Å². The van der Waals surface area contributed by atoms with E-state index >= 15 is 0 Å². The number of guanidine groups is 1. The Labute approximate surface area is 169 Å². The van der Waals surface area contributed by atoms with Crippen LogP contribution < -0.4 is 10.6 Å². The van der Waals surface area contributed by atoms with Crippen LogP contribution in [0.3, 0.4) is 0 Å². The first-order valence-corrected chi connectivity index (χ1v) is 10.5. The Bertz CT molecular complexity index is 707. The largest absolute Gasteiger partial charge is 0.356 e. The third-order valence-corrected chi connectivity index (χ3v) is 5.45. The first-order valence-electron chi connectivity index (χ1n) is 10.5. The maximum Gasteiger partial charge on any atom is 0.191 e. The molecule has 2 aromatic rings. The Morgan fingerprint density at radius 3 is 2.71 bits per heavy atom. The minimum absolute atomic E-state index is 0.706. The molecule has 6 nitrogen and oxygen atoms in total. The number of hydrogen-bond donors (Lipinski definition) is 2. The highest BCUT2D eigenvalue weighted by molar-refractivity contribution is 5.79. The zero-order chi connectivity index (χ0) is 19.6. The van der Waals surface area contributed by atoms with Crippen LogP contribution in [0.5, 0.6) is 0 Å². The zero-order valence-electron chi connectivity index (χ0n) is 17.3. The number of aromatic nitrogens is 2. The van der Waals surface area contributed by atoms with E-state index in [0.29, 0.717) is 6.04 Å². The van der Waals surface area contributed by atoms with Crippen LogP contribution in [0.25, 0.3) is 0 Å². The quantitative estimate of drug-likeness (QED) is 0.419. The summed E-state index contributed by atoms with van der Waals surface area (Å²) in [6, 6.07) is 11.6. The van der Waals surface area contributed by atoms with Gasteiger partial charge in [-0.25, -0.2) is 0 Å². The lowest BCUT2D eigenvalue weighted by Gasteiger charge is -2.33. The standard InChI is InChI=1S/C22H34N6/c1-19-7-3-4-14-27(19)18-21-10-8-20(9-11-21)17-25-22(23-2)24-12-5-15-28-16-6-13-26-28/h6,8-11,13,16,19H,3-5,7,12,14-15,17-18H2,1-2H3,(H2,23,24,25). The lowest BCUT2D eigenvalue weighted by atomic mass is 10.0. The molecule has 3 rings (SSSR count). The third-order valence-electron chi connectivity index (χ3n) is 5.45. The van der Waals surface area contributed by atoms with Gasteiger partial charge < -0.3 is 10.6 Å². The van der Waals surface area contributed by atoms with Gasteiger partial charge in [-0.05, 0) is 49.9 Å². The molecule has 0 saturated carbocycles. The van der Waals surface area contributed by atoms with Crippen molar-refractivity contribution in [3.8, 4) is 0 Å². The van der Waals surface area contributed by atoms with Crippen LogP contribution in [0.15, 0.2) is 47.7 Å². The van der Waals surface area contributed by atoms with Crippen molar-refractivity contribution in [2.75, 3.05) is 20.1 Å². The molecule has 152 valence electrons. The Morgan fingerprint density at radius 2 is 2.00 bits per heavy atom. The lowest BCUT2D eigenvalue weighted by Crippen LogP contribution is -2.37. The summed E-state index contributed by atoms with van der Waals surface area (Å²) < 4.78 is 1.95. The number of aryl methyl sites for hydroxylation is 1. The number of aliphatic imine (C=N–C) groups is 1. The summed E-state index contributed by atoms with van der Waals surface area (Å²) in [5, 5.41) is 11.0. The lowest BCUT2D eigenvalue weighted by molar-refractivity contribution is 0.152. The van der Waals surface area contributed by atoms with Gasteiger partial charge in [0, 0.05) is 51.7 Å². The SMILES string of the molecule is CN=C(NCCCn1cccn1)NCc1ccc(CN2CCCCC2C)cc1. The molecule has 2 N–H and O–H groups in total. The van der Waals surface area contributed by atoms with Gasteiger partial charge in [0.05, 0.1) is 0 Å². The fraction of sp³-hybridized carbons (Fsp3) is 0.545. The number of nitrogens with zero attached hydrogens (tertiary/aromatic N) is 4. The molecule has 1 unspecified atom stereocenters. The highest BCUT2D eigenvalue weighted by Crippen LogP contribution is 2.19. The van der Waals surface area contributed by atoms with E-state index in [1.807, 2.05) is 30.2 Å². The molecule has 1 aromatic carbocycles. The van der Waals surface area contributed by atoms with Crippen molar-refractivity contribution in [3.63, 3.8) is 0 Å². The van der Waals surface area contributed by atoms with Crippen molar-refractivity contribution < 1.29 is 0 Å². The van der Waals surface area contributed by atoms with Crippen molar-refractivity contribution in [2.45, 2.75) is 58.3 Å². The van der Waals surface area contributed by atoms with Gasteiger partial charge >= 0.3 is 0 Å². The van der Waals surface area contributed by atoms with E-state index < -0.39 is 0 Å². The Balaban J connectivity index is 1.38. The summed E-state index contributed by atoms with van der Waals surface area (Å²) in [5.74, 6) is 0.840. The number of hydrogen-bond acceptors (Lipinski definition) is 3. The molecule has 0 radical (unpaired) electrons. The van der Waals surface area contributed by atoms with Crippen LogP contribution in [0.4, 0.5) is 0 Å². The first kappa shape index (κ1) is 20.4. The molecule has 6 heteroatoms. The summed E-state index contributed by atoms with van der Waals surface area (Å²) in [6.45, 7) is 7.20. The third kappa shape index (κ3) is 6.37. The predicted molar refractivity (Wildman–Crippen MR) is 115 cm³/mol. The highest BCUT2D eigenvalue weighted by atomic mass is 15.3. The summed E-state index contributed by atoms with van der Waals surface area (Å²) in [4.78, 5) is 6.91. The van der Waals surface area contributed by atoms with Crippen LogP contribution in [0.2, 0.25) is 0 Å². The first-order chi connectivity index (χ1) is 13.7. The molecule has 2 heterocycles. The number of likely N-dealkylation sites (tertiary alicyclic amines) is 1. The minimum Gasteiger partial charge on any atom is -0.356 e. The van der Waals surface area contributed by atoms with Crippen LogP contribution in [-0.4, -0.2) is 46.8 Å². The number of nitrogens with one attached hydrogen (secondary N) is 2. The minimum atomic E-state index is 0.706.